The normalized spacial score (nSPS) is 13.4. The van der Waals surface area contributed by atoms with Crippen LogP contribution in [0.4, 0.5) is 11.4 Å². The van der Waals surface area contributed by atoms with Crippen molar-refractivity contribution in [2.75, 3.05) is 4.90 Å². The maximum Gasteiger partial charge on any atom is 0.132 e. The molecule has 0 atom stereocenters. The minimum Gasteiger partial charge on any atom is -0.457 e. The van der Waals surface area contributed by atoms with E-state index in [1.54, 1.807) is 0 Å². The first kappa shape index (κ1) is 36.0. The zero-order valence-electron chi connectivity index (χ0n) is 33.1. The first-order chi connectivity index (χ1) is 29.2. The molecule has 282 valence electrons. The van der Waals surface area contributed by atoms with Gasteiger partial charge in [-0.25, -0.2) is 0 Å². The Bertz CT molecular complexity index is 2760. The number of fused-ring (bicyclic) bond motifs is 9. The maximum absolute atomic E-state index is 6.85. The van der Waals surface area contributed by atoms with Gasteiger partial charge < -0.3 is 9.64 Å². The number of rotatable bonds is 9. The fourth-order valence-corrected chi connectivity index (χ4v) is 9.21. The second-order valence-corrected chi connectivity index (χ2v) is 15.2. The molecule has 0 radical (unpaired) electrons. The second kappa shape index (κ2) is 15.2. The molecular formula is C57H43NO. The average molecular weight is 758 g/mol. The van der Waals surface area contributed by atoms with Crippen molar-refractivity contribution in [3.05, 3.63) is 259 Å². The molecule has 0 unspecified atom stereocenters. The van der Waals surface area contributed by atoms with Gasteiger partial charge in [0.15, 0.2) is 0 Å². The molecule has 8 aromatic carbocycles. The van der Waals surface area contributed by atoms with Crippen LogP contribution in [0.1, 0.15) is 41.2 Å². The summed E-state index contributed by atoms with van der Waals surface area (Å²) in [6.45, 7) is 6.56. The van der Waals surface area contributed by atoms with Gasteiger partial charge >= 0.3 is 0 Å². The molecule has 1 aliphatic heterocycles. The van der Waals surface area contributed by atoms with Crippen molar-refractivity contribution in [2.24, 2.45) is 0 Å². The largest absolute Gasteiger partial charge is 0.457 e. The van der Waals surface area contributed by atoms with Gasteiger partial charge in [0.05, 0.1) is 5.41 Å². The molecular weight excluding hydrogens is 715 g/mol. The zero-order chi connectivity index (χ0) is 39.8. The molecule has 0 bridgehead atoms. The zero-order valence-corrected chi connectivity index (χ0v) is 33.1. The van der Waals surface area contributed by atoms with E-state index in [-0.39, 0.29) is 0 Å². The summed E-state index contributed by atoms with van der Waals surface area (Å²) in [7, 11) is 0. The fourth-order valence-electron chi connectivity index (χ4n) is 9.21. The average Bonchev–Trinajstić information content (AvgIpc) is 3.60. The molecule has 1 heterocycles. The number of benzene rings is 8. The Morgan fingerprint density at radius 1 is 0.492 bits per heavy atom. The molecule has 59 heavy (non-hydrogen) atoms. The molecule has 0 fully saturated rings. The molecule has 8 aromatic rings. The summed E-state index contributed by atoms with van der Waals surface area (Å²) >= 11 is 0. The summed E-state index contributed by atoms with van der Waals surface area (Å²) < 4.78 is 6.85. The smallest absolute Gasteiger partial charge is 0.132 e. The highest BCUT2D eigenvalue weighted by atomic mass is 16.5. The van der Waals surface area contributed by atoms with Crippen molar-refractivity contribution in [2.45, 2.75) is 18.8 Å². The molecule has 0 saturated heterocycles. The van der Waals surface area contributed by atoms with Crippen molar-refractivity contribution < 1.29 is 4.74 Å². The van der Waals surface area contributed by atoms with Gasteiger partial charge in [0.1, 0.15) is 11.5 Å². The van der Waals surface area contributed by atoms with Crippen LogP contribution >= 0.6 is 0 Å². The quantitative estimate of drug-likeness (QED) is 0.136. The molecule has 0 saturated carbocycles. The van der Waals surface area contributed by atoms with Gasteiger partial charge in [0.25, 0.3) is 0 Å². The minimum atomic E-state index is -0.478. The van der Waals surface area contributed by atoms with Gasteiger partial charge in [-0.1, -0.05) is 183 Å². The third kappa shape index (κ3) is 6.13. The highest BCUT2D eigenvalue weighted by Gasteiger charge is 2.50. The van der Waals surface area contributed by atoms with E-state index >= 15 is 0 Å². The Morgan fingerprint density at radius 3 is 1.51 bits per heavy atom. The lowest BCUT2D eigenvalue weighted by Crippen LogP contribution is -2.32. The Morgan fingerprint density at radius 2 is 0.966 bits per heavy atom. The molecule has 0 N–H and O–H groups in total. The van der Waals surface area contributed by atoms with Gasteiger partial charge in [-0.15, -0.1) is 0 Å². The van der Waals surface area contributed by atoms with Gasteiger partial charge in [-0.05, 0) is 111 Å². The summed E-state index contributed by atoms with van der Waals surface area (Å²) in [5.74, 6) is 1.78. The van der Waals surface area contributed by atoms with E-state index in [4.69, 9.17) is 4.74 Å². The lowest BCUT2D eigenvalue weighted by Gasteiger charge is -2.39. The monoisotopic (exact) mass is 757 g/mol. The summed E-state index contributed by atoms with van der Waals surface area (Å²) in [6, 6.07) is 71.7. The van der Waals surface area contributed by atoms with Crippen LogP contribution < -0.4 is 9.64 Å². The summed E-state index contributed by atoms with van der Waals surface area (Å²) in [5.41, 5.74) is 17.2. The molecule has 2 heteroatoms. The van der Waals surface area contributed by atoms with Crippen molar-refractivity contribution in [3.63, 3.8) is 0 Å². The number of hydrogen-bond acceptors (Lipinski definition) is 2. The van der Waals surface area contributed by atoms with E-state index < -0.39 is 5.41 Å². The SMILES string of the molecule is C=C/C(=C\C=C(/CC)c1ccc2c(c1)Oc1ccccc1C21c2ccccc2-c2ccccc21)N(c1ccc(-c2ccccc2)cc1)c1ccc(-c2ccccc2)cc1. The van der Waals surface area contributed by atoms with Crippen LogP contribution in [0, 0.1) is 0 Å². The van der Waals surface area contributed by atoms with E-state index in [9.17, 15) is 0 Å². The lowest BCUT2D eigenvalue weighted by molar-refractivity contribution is 0.436. The topological polar surface area (TPSA) is 12.5 Å². The van der Waals surface area contributed by atoms with E-state index in [2.05, 4.69) is 231 Å². The van der Waals surface area contributed by atoms with Gasteiger partial charge in [0.2, 0.25) is 0 Å². The Kier molecular flexibility index (Phi) is 9.24. The third-order valence-corrected chi connectivity index (χ3v) is 12.0. The predicted octanol–water partition coefficient (Wildman–Crippen LogP) is 15.2. The van der Waals surface area contributed by atoms with Crippen molar-refractivity contribution in [3.8, 4) is 44.9 Å². The van der Waals surface area contributed by atoms with Crippen molar-refractivity contribution in [1.29, 1.82) is 0 Å². The van der Waals surface area contributed by atoms with Crippen LogP contribution in [0.25, 0.3) is 39.0 Å². The van der Waals surface area contributed by atoms with E-state index in [0.29, 0.717) is 0 Å². The first-order valence-corrected chi connectivity index (χ1v) is 20.4. The lowest BCUT2D eigenvalue weighted by atomic mass is 9.66. The van der Waals surface area contributed by atoms with Crippen LogP contribution in [0.2, 0.25) is 0 Å². The molecule has 10 rings (SSSR count). The maximum atomic E-state index is 6.85. The summed E-state index contributed by atoms with van der Waals surface area (Å²) in [6.07, 6.45) is 7.23. The number of para-hydroxylation sites is 1. The van der Waals surface area contributed by atoms with Crippen molar-refractivity contribution in [1.82, 2.24) is 0 Å². The second-order valence-electron chi connectivity index (χ2n) is 15.2. The number of hydrogen-bond donors (Lipinski definition) is 0. The first-order valence-electron chi connectivity index (χ1n) is 20.4. The van der Waals surface area contributed by atoms with Crippen LogP contribution in [0.15, 0.2) is 231 Å². The molecule has 1 spiro atoms. The van der Waals surface area contributed by atoms with Gasteiger partial charge in [-0.3, -0.25) is 0 Å². The Balaban J connectivity index is 1.06. The summed E-state index contributed by atoms with van der Waals surface area (Å²) in [5, 5.41) is 0. The highest BCUT2D eigenvalue weighted by molar-refractivity contribution is 5.89. The van der Waals surface area contributed by atoms with E-state index in [1.165, 1.54) is 61.2 Å². The van der Waals surface area contributed by atoms with Gasteiger partial charge in [-0.2, -0.15) is 0 Å². The third-order valence-electron chi connectivity index (χ3n) is 12.0. The van der Waals surface area contributed by atoms with Crippen LogP contribution in [0.3, 0.4) is 0 Å². The number of nitrogens with zero attached hydrogens (tertiary/aromatic N) is 1. The number of ether oxygens (including phenoxy) is 1. The van der Waals surface area contributed by atoms with Crippen LogP contribution in [0.5, 0.6) is 11.5 Å². The molecule has 0 amide bonds. The molecule has 2 aliphatic rings. The number of anilines is 2. The van der Waals surface area contributed by atoms with Crippen LogP contribution in [-0.4, -0.2) is 0 Å². The standard InChI is InChI=1S/C57H43NO/c1-3-40(45-32-38-54-56(39-45)59-55-26-16-15-25-53(55)57(54)51-23-13-11-21-49(51)50-22-12-14-24-52(50)57)27-33-46(4-2)58(47-34-28-43(29-35-47)41-17-7-5-8-18-41)48-36-30-44(31-37-48)42-19-9-6-10-20-42/h4-39H,2-3H2,1H3/b40-27+,46-33+. The molecule has 2 nitrogen and oxygen atoms in total. The summed E-state index contributed by atoms with van der Waals surface area (Å²) in [4.78, 5) is 2.28. The fraction of sp³-hybridized carbons (Fsp3) is 0.0526. The van der Waals surface area contributed by atoms with Gasteiger partial charge in [0, 0.05) is 28.2 Å². The van der Waals surface area contributed by atoms with E-state index in [0.717, 1.165) is 40.6 Å². The van der Waals surface area contributed by atoms with E-state index in [1.807, 2.05) is 6.08 Å². The Labute approximate surface area is 347 Å². The molecule has 0 aromatic heterocycles. The number of allylic oxidation sites excluding steroid dienone is 4. The van der Waals surface area contributed by atoms with Crippen molar-refractivity contribution >= 4 is 16.9 Å². The molecule has 1 aliphatic carbocycles. The Hall–Kier alpha value is -7.42. The van der Waals surface area contributed by atoms with Crippen LogP contribution in [-0.2, 0) is 5.41 Å². The minimum absolute atomic E-state index is 0.478. The highest BCUT2D eigenvalue weighted by Crippen LogP contribution is 2.62. The predicted molar refractivity (Wildman–Crippen MR) is 246 cm³/mol.